The van der Waals surface area contributed by atoms with Crippen LogP contribution in [0.1, 0.15) is 48.5 Å². The van der Waals surface area contributed by atoms with E-state index in [1.165, 1.54) is 5.57 Å². The maximum Gasteiger partial charge on any atom is -0.0118 e. The Hall–Kier alpha value is -0.520. The van der Waals surface area contributed by atoms with Crippen LogP contribution in [-0.2, 0) is 0 Å². The third-order valence-corrected chi connectivity index (χ3v) is 3.37. The topological polar surface area (TPSA) is 0 Å². The molecule has 86 valence electrons. The molecule has 1 aliphatic rings. The Morgan fingerprint density at radius 1 is 1.00 bits per heavy atom. The maximum absolute atomic E-state index is 2.49. The van der Waals surface area contributed by atoms with E-state index < -0.39 is 0 Å². The van der Waals surface area contributed by atoms with Crippen LogP contribution >= 0.6 is 0 Å². The molecule has 0 saturated carbocycles. The number of allylic oxidation sites excluding steroid dienone is 4. The van der Waals surface area contributed by atoms with E-state index in [-0.39, 0.29) is 5.41 Å². The van der Waals surface area contributed by atoms with E-state index in [1.807, 2.05) is 0 Å². The van der Waals surface area contributed by atoms with E-state index in [0.717, 1.165) is 0 Å². The van der Waals surface area contributed by atoms with E-state index in [9.17, 15) is 0 Å². The van der Waals surface area contributed by atoms with Gasteiger partial charge in [0.25, 0.3) is 0 Å². The van der Waals surface area contributed by atoms with Gasteiger partial charge in [-0.1, -0.05) is 66.7 Å². The van der Waals surface area contributed by atoms with Crippen molar-refractivity contribution in [3.63, 3.8) is 0 Å². The standard InChI is InChI=1S/C15H26/c1-11-8-9-12(14(2,3)4)10-13(11)15(5,6)7/h8-11,13H,1-7H3. The normalized spacial score (nSPS) is 27.8. The van der Waals surface area contributed by atoms with Gasteiger partial charge in [-0.05, 0) is 28.2 Å². The summed E-state index contributed by atoms with van der Waals surface area (Å²) in [6, 6.07) is 0. The summed E-state index contributed by atoms with van der Waals surface area (Å²) in [5.41, 5.74) is 2.13. The smallest absolute Gasteiger partial charge is 0.0118 e. The van der Waals surface area contributed by atoms with Gasteiger partial charge in [0.2, 0.25) is 0 Å². The number of hydrogen-bond donors (Lipinski definition) is 0. The first-order valence-corrected chi connectivity index (χ1v) is 6.03. The fourth-order valence-electron chi connectivity index (χ4n) is 2.31. The van der Waals surface area contributed by atoms with Crippen molar-refractivity contribution in [1.82, 2.24) is 0 Å². The van der Waals surface area contributed by atoms with Crippen molar-refractivity contribution in [2.45, 2.75) is 48.5 Å². The molecule has 0 fully saturated rings. The lowest BCUT2D eigenvalue weighted by molar-refractivity contribution is 0.240. The van der Waals surface area contributed by atoms with Gasteiger partial charge in [-0.25, -0.2) is 0 Å². The molecule has 15 heavy (non-hydrogen) atoms. The molecule has 1 rings (SSSR count). The molecular formula is C15H26. The first kappa shape index (κ1) is 12.5. The molecule has 2 unspecified atom stereocenters. The van der Waals surface area contributed by atoms with Crippen molar-refractivity contribution in [2.24, 2.45) is 22.7 Å². The largest absolute Gasteiger partial charge is 0.0808 e. The summed E-state index contributed by atoms with van der Waals surface area (Å²) >= 11 is 0. The second-order valence-corrected chi connectivity index (χ2v) is 6.98. The lowest BCUT2D eigenvalue weighted by Gasteiger charge is -2.37. The van der Waals surface area contributed by atoms with Gasteiger partial charge in [-0.15, -0.1) is 0 Å². The quantitative estimate of drug-likeness (QED) is 0.532. The molecule has 0 heterocycles. The fraction of sp³-hybridized carbons (Fsp3) is 0.733. The van der Waals surface area contributed by atoms with Crippen LogP contribution in [0.4, 0.5) is 0 Å². The van der Waals surface area contributed by atoms with Crippen LogP contribution in [0.2, 0.25) is 0 Å². The average molecular weight is 206 g/mol. The Morgan fingerprint density at radius 3 is 1.93 bits per heavy atom. The summed E-state index contributed by atoms with van der Waals surface area (Å²) in [4.78, 5) is 0. The number of hydrogen-bond acceptors (Lipinski definition) is 0. The molecule has 2 atom stereocenters. The molecule has 0 aliphatic heterocycles. The van der Waals surface area contributed by atoms with Gasteiger partial charge < -0.3 is 0 Å². The second kappa shape index (κ2) is 3.81. The van der Waals surface area contributed by atoms with Crippen LogP contribution < -0.4 is 0 Å². The van der Waals surface area contributed by atoms with Crippen molar-refractivity contribution in [1.29, 1.82) is 0 Å². The van der Waals surface area contributed by atoms with Crippen LogP contribution in [0.25, 0.3) is 0 Å². The van der Waals surface area contributed by atoms with E-state index in [4.69, 9.17) is 0 Å². The molecule has 0 radical (unpaired) electrons. The summed E-state index contributed by atoms with van der Waals surface area (Å²) in [5.74, 6) is 1.33. The first-order chi connectivity index (χ1) is 6.62. The lowest BCUT2D eigenvalue weighted by atomic mass is 9.68. The predicted octanol–water partition coefficient (Wildman–Crippen LogP) is 4.83. The van der Waals surface area contributed by atoms with E-state index in [0.29, 0.717) is 17.3 Å². The Bertz CT molecular complexity index is 278. The predicted molar refractivity (Wildman–Crippen MR) is 68.8 cm³/mol. The van der Waals surface area contributed by atoms with Crippen molar-refractivity contribution in [3.8, 4) is 0 Å². The minimum atomic E-state index is 0.278. The van der Waals surface area contributed by atoms with E-state index in [1.54, 1.807) is 0 Å². The summed E-state index contributed by atoms with van der Waals surface area (Å²) in [7, 11) is 0. The Labute approximate surface area is 95.5 Å². The van der Waals surface area contributed by atoms with Crippen LogP contribution in [0, 0.1) is 22.7 Å². The van der Waals surface area contributed by atoms with Gasteiger partial charge in [0.15, 0.2) is 0 Å². The molecule has 0 N–H and O–H groups in total. The van der Waals surface area contributed by atoms with Crippen molar-refractivity contribution in [2.75, 3.05) is 0 Å². The molecule has 0 bridgehead atoms. The third kappa shape index (κ3) is 2.96. The Kier molecular flexibility index (Phi) is 3.19. The highest BCUT2D eigenvalue weighted by molar-refractivity contribution is 5.30. The van der Waals surface area contributed by atoms with Gasteiger partial charge in [0, 0.05) is 0 Å². The SMILES string of the molecule is CC1C=CC(C(C)(C)C)=CC1C(C)(C)C. The number of rotatable bonds is 0. The van der Waals surface area contributed by atoms with Crippen molar-refractivity contribution >= 4 is 0 Å². The minimum absolute atomic E-state index is 0.278. The third-order valence-electron chi connectivity index (χ3n) is 3.37. The van der Waals surface area contributed by atoms with Crippen LogP contribution in [0.5, 0.6) is 0 Å². The Morgan fingerprint density at radius 2 is 1.53 bits per heavy atom. The van der Waals surface area contributed by atoms with Crippen molar-refractivity contribution in [3.05, 3.63) is 23.8 Å². The maximum atomic E-state index is 2.49. The highest BCUT2D eigenvalue weighted by Gasteiger charge is 2.30. The van der Waals surface area contributed by atoms with Gasteiger partial charge >= 0.3 is 0 Å². The highest BCUT2D eigenvalue weighted by atomic mass is 14.4. The summed E-state index contributed by atoms with van der Waals surface area (Å²) in [5, 5.41) is 0. The van der Waals surface area contributed by atoms with Gasteiger partial charge in [0.05, 0.1) is 0 Å². The summed E-state index contributed by atoms with van der Waals surface area (Å²) in [6.45, 7) is 16.2. The van der Waals surface area contributed by atoms with E-state index >= 15 is 0 Å². The fourth-order valence-corrected chi connectivity index (χ4v) is 2.31. The molecule has 0 nitrogen and oxygen atoms in total. The van der Waals surface area contributed by atoms with E-state index in [2.05, 4.69) is 66.7 Å². The lowest BCUT2D eigenvalue weighted by Crippen LogP contribution is -2.27. The monoisotopic (exact) mass is 206 g/mol. The van der Waals surface area contributed by atoms with Gasteiger partial charge in [0.1, 0.15) is 0 Å². The zero-order valence-corrected chi connectivity index (χ0v) is 11.4. The molecule has 0 aromatic rings. The molecule has 0 spiro atoms. The zero-order chi connectivity index (χ0) is 11.9. The molecule has 0 aromatic heterocycles. The zero-order valence-electron chi connectivity index (χ0n) is 11.4. The van der Waals surface area contributed by atoms with Gasteiger partial charge in [-0.2, -0.15) is 0 Å². The minimum Gasteiger partial charge on any atom is -0.0808 e. The summed E-state index contributed by atoms with van der Waals surface area (Å²) < 4.78 is 0. The molecule has 0 heteroatoms. The molecular weight excluding hydrogens is 180 g/mol. The summed E-state index contributed by atoms with van der Waals surface area (Å²) in [6.07, 6.45) is 7.17. The highest BCUT2D eigenvalue weighted by Crippen LogP contribution is 2.40. The Balaban J connectivity index is 3.01. The molecule has 1 aliphatic carbocycles. The molecule has 0 saturated heterocycles. The van der Waals surface area contributed by atoms with Crippen LogP contribution in [-0.4, -0.2) is 0 Å². The van der Waals surface area contributed by atoms with Crippen molar-refractivity contribution < 1.29 is 0 Å². The van der Waals surface area contributed by atoms with Gasteiger partial charge in [-0.3, -0.25) is 0 Å². The average Bonchev–Trinajstić information content (AvgIpc) is 2.00. The molecule has 0 aromatic carbocycles. The second-order valence-electron chi connectivity index (χ2n) is 6.98. The molecule has 0 amide bonds. The van der Waals surface area contributed by atoms with Crippen LogP contribution in [0.15, 0.2) is 23.8 Å². The van der Waals surface area contributed by atoms with Crippen LogP contribution in [0.3, 0.4) is 0 Å². The first-order valence-electron chi connectivity index (χ1n) is 6.03.